The number of oxime groups is 1. The average Bonchev–Trinajstić information content (AvgIpc) is 3.08. The molecule has 0 spiro atoms. The highest BCUT2D eigenvalue weighted by Gasteiger charge is 2.39. The molecule has 1 aliphatic heterocycles. The van der Waals surface area contributed by atoms with E-state index in [-0.39, 0.29) is 49.6 Å². The SMILES string of the molecule is C=C(C/C(Cc1cc(F)c(F)cc1F)=N\O)N1CCn2c(nnc2C(F)(F)F)C1. The maximum atomic E-state index is 13.8. The van der Waals surface area contributed by atoms with Crippen LogP contribution in [0.1, 0.15) is 23.6 Å². The summed E-state index contributed by atoms with van der Waals surface area (Å²) >= 11 is 0. The maximum absolute atomic E-state index is 13.8. The Morgan fingerprint density at radius 2 is 1.79 bits per heavy atom. The Hall–Kier alpha value is -3.05. The first-order chi connectivity index (χ1) is 13.6. The van der Waals surface area contributed by atoms with Gasteiger partial charge in [-0.15, -0.1) is 10.2 Å². The van der Waals surface area contributed by atoms with Crippen LogP contribution in [0.15, 0.2) is 29.6 Å². The molecule has 1 N–H and O–H groups in total. The van der Waals surface area contributed by atoms with E-state index in [9.17, 15) is 31.5 Å². The van der Waals surface area contributed by atoms with Gasteiger partial charge in [-0.2, -0.15) is 13.2 Å². The molecule has 12 heteroatoms. The normalized spacial score (nSPS) is 14.8. The van der Waals surface area contributed by atoms with Crippen LogP contribution in [0.4, 0.5) is 26.3 Å². The minimum atomic E-state index is -4.62. The molecule has 0 unspecified atom stereocenters. The van der Waals surface area contributed by atoms with Crippen LogP contribution < -0.4 is 0 Å². The number of hydrogen-bond acceptors (Lipinski definition) is 5. The van der Waals surface area contributed by atoms with E-state index in [2.05, 4.69) is 21.9 Å². The molecular weight excluding hydrogens is 404 g/mol. The molecular formula is C17H15F6N5O. The second-order valence-electron chi connectivity index (χ2n) is 6.45. The van der Waals surface area contributed by atoms with E-state index in [1.807, 2.05) is 0 Å². The maximum Gasteiger partial charge on any atom is 0.451 e. The van der Waals surface area contributed by atoms with E-state index in [1.54, 1.807) is 4.90 Å². The van der Waals surface area contributed by atoms with E-state index in [0.29, 0.717) is 17.8 Å². The summed E-state index contributed by atoms with van der Waals surface area (Å²) in [5.41, 5.74) is 0.184. The standard InChI is InChI=1S/C17H15F6N5O/c1-9(4-11(26-29)5-10-6-13(19)14(20)7-12(10)18)27-2-3-28-15(8-27)24-25-16(28)17(21,22)23/h6-7,29H,1-5,8H2/b26-11+. The van der Waals surface area contributed by atoms with Crippen molar-refractivity contribution < 1.29 is 31.5 Å². The minimum Gasteiger partial charge on any atom is -0.411 e. The summed E-state index contributed by atoms with van der Waals surface area (Å²) < 4.78 is 79.8. The quantitative estimate of drug-likeness (QED) is 0.265. The number of hydrogen-bond donors (Lipinski definition) is 1. The molecule has 3 rings (SSSR count). The van der Waals surface area contributed by atoms with E-state index >= 15 is 0 Å². The van der Waals surface area contributed by atoms with Gasteiger partial charge in [0.25, 0.3) is 0 Å². The molecule has 0 radical (unpaired) electrons. The van der Waals surface area contributed by atoms with Crippen molar-refractivity contribution in [1.29, 1.82) is 0 Å². The fraction of sp³-hybridized carbons (Fsp3) is 0.353. The monoisotopic (exact) mass is 419 g/mol. The molecule has 0 aliphatic carbocycles. The van der Waals surface area contributed by atoms with Crippen molar-refractivity contribution in [2.45, 2.75) is 32.1 Å². The molecule has 1 aliphatic rings. The highest BCUT2D eigenvalue weighted by atomic mass is 19.4. The Kier molecular flexibility index (Phi) is 5.53. The van der Waals surface area contributed by atoms with Crippen molar-refractivity contribution in [3.63, 3.8) is 0 Å². The average molecular weight is 419 g/mol. The van der Waals surface area contributed by atoms with Crippen molar-refractivity contribution in [3.8, 4) is 0 Å². The second-order valence-corrected chi connectivity index (χ2v) is 6.45. The number of allylic oxidation sites excluding steroid dienone is 1. The summed E-state index contributed by atoms with van der Waals surface area (Å²) in [7, 11) is 0. The van der Waals surface area contributed by atoms with Crippen LogP contribution in [0.3, 0.4) is 0 Å². The predicted octanol–water partition coefficient (Wildman–Crippen LogP) is 3.51. The van der Waals surface area contributed by atoms with Crippen molar-refractivity contribution >= 4 is 5.71 Å². The van der Waals surface area contributed by atoms with Gasteiger partial charge in [-0.05, 0) is 11.6 Å². The molecule has 0 saturated carbocycles. The summed E-state index contributed by atoms with van der Waals surface area (Å²) in [6.45, 7) is 3.96. The zero-order valence-electron chi connectivity index (χ0n) is 14.8. The Morgan fingerprint density at radius 1 is 1.10 bits per heavy atom. The van der Waals surface area contributed by atoms with Crippen LogP contribution in [0.2, 0.25) is 0 Å². The van der Waals surface area contributed by atoms with Gasteiger partial charge in [-0.1, -0.05) is 11.7 Å². The number of alkyl halides is 3. The van der Waals surface area contributed by atoms with Gasteiger partial charge in [0.2, 0.25) is 5.82 Å². The van der Waals surface area contributed by atoms with Crippen LogP contribution in [0.5, 0.6) is 0 Å². The zero-order valence-corrected chi connectivity index (χ0v) is 14.8. The molecule has 1 aromatic heterocycles. The molecule has 0 fully saturated rings. The molecule has 2 aromatic rings. The van der Waals surface area contributed by atoms with Crippen LogP contribution in [-0.2, 0) is 25.7 Å². The van der Waals surface area contributed by atoms with E-state index < -0.39 is 29.5 Å². The van der Waals surface area contributed by atoms with Gasteiger partial charge in [0, 0.05) is 37.7 Å². The van der Waals surface area contributed by atoms with E-state index in [1.165, 1.54) is 0 Å². The first-order valence-electron chi connectivity index (χ1n) is 8.35. The lowest BCUT2D eigenvalue weighted by atomic mass is 10.0. The summed E-state index contributed by atoms with van der Waals surface area (Å²) in [6.07, 6.45) is -4.98. The van der Waals surface area contributed by atoms with Crippen molar-refractivity contribution in [3.05, 3.63) is 59.1 Å². The first kappa shape index (κ1) is 20.7. The first-order valence-corrected chi connectivity index (χ1v) is 8.35. The molecule has 29 heavy (non-hydrogen) atoms. The largest absolute Gasteiger partial charge is 0.451 e. The summed E-state index contributed by atoms with van der Waals surface area (Å²) in [6, 6.07) is 1.06. The van der Waals surface area contributed by atoms with Crippen molar-refractivity contribution in [1.82, 2.24) is 19.7 Å². The molecule has 6 nitrogen and oxygen atoms in total. The van der Waals surface area contributed by atoms with Crippen molar-refractivity contribution in [2.24, 2.45) is 5.16 Å². The third-order valence-electron chi connectivity index (χ3n) is 4.49. The van der Waals surface area contributed by atoms with Crippen LogP contribution in [0, 0.1) is 17.5 Å². The number of aromatic nitrogens is 3. The molecule has 0 atom stereocenters. The number of rotatable bonds is 5. The van der Waals surface area contributed by atoms with Gasteiger partial charge in [0.05, 0.1) is 12.3 Å². The fourth-order valence-corrected chi connectivity index (χ4v) is 3.04. The topological polar surface area (TPSA) is 66.5 Å². The lowest BCUT2D eigenvalue weighted by Gasteiger charge is -2.31. The smallest absolute Gasteiger partial charge is 0.411 e. The molecule has 156 valence electrons. The second kappa shape index (κ2) is 7.76. The Bertz CT molecular complexity index is 968. The Morgan fingerprint density at radius 3 is 2.45 bits per heavy atom. The number of fused-ring (bicyclic) bond motifs is 1. The van der Waals surface area contributed by atoms with Gasteiger partial charge < -0.3 is 14.7 Å². The fourth-order valence-electron chi connectivity index (χ4n) is 3.04. The molecule has 0 saturated heterocycles. The van der Waals surface area contributed by atoms with E-state index in [0.717, 1.165) is 4.57 Å². The van der Waals surface area contributed by atoms with Gasteiger partial charge in [0.15, 0.2) is 17.5 Å². The third-order valence-corrected chi connectivity index (χ3v) is 4.49. The zero-order chi connectivity index (χ0) is 21.3. The van der Waals surface area contributed by atoms with Crippen LogP contribution >= 0.6 is 0 Å². The lowest BCUT2D eigenvalue weighted by molar-refractivity contribution is -0.147. The van der Waals surface area contributed by atoms with Gasteiger partial charge in [0.1, 0.15) is 5.82 Å². The van der Waals surface area contributed by atoms with Gasteiger partial charge >= 0.3 is 6.18 Å². The van der Waals surface area contributed by atoms with Crippen LogP contribution in [-0.4, -0.2) is 37.1 Å². The predicted molar refractivity (Wildman–Crippen MR) is 88.4 cm³/mol. The van der Waals surface area contributed by atoms with E-state index in [4.69, 9.17) is 0 Å². The van der Waals surface area contributed by atoms with Crippen LogP contribution in [0.25, 0.3) is 0 Å². The highest BCUT2D eigenvalue weighted by molar-refractivity contribution is 5.87. The molecule has 1 aromatic carbocycles. The summed E-state index contributed by atoms with van der Waals surface area (Å²) in [4.78, 5) is 1.62. The Balaban J connectivity index is 1.68. The van der Waals surface area contributed by atoms with Crippen molar-refractivity contribution in [2.75, 3.05) is 6.54 Å². The summed E-state index contributed by atoms with van der Waals surface area (Å²) in [5, 5.41) is 19.0. The molecule has 0 bridgehead atoms. The lowest BCUT2D eigenvalue weighted by Crippen LogP contribution is -2.35. The number of halogens is 6. The highest BCUT2D eigenvalue weighted by Crippen LogP contribution is 2.30. The van der Waals surface area contributed by atoms with Gasteiger partial charge in [-0.25, -0.2) is 13.2 Å². The third kappa shape index (κ3) is 4.35. The molecule has 2 heterocycles. The molecule has 0 amide bonds. The number of benzene rings is 1. The summed E-state index contributed by atoms with van der Waals surface area (Å²) in [5.74, 6) is -4.56. The van der Waals surface area contributed by atoms with Gasteiger partial charge in [-0.3, -0.25) is 0 Å². The number of nitrogens with zero attached hydrogens (tertiary/aromatic N) is 5. The minimum absolute atomic E-state index is 0.000158. The Labute approximate surface area is 160 Å².